The first-order valence-corrected chi connectivity index (χ1v) is 5.41. The van der Waals surface area contributed by atoms with Gasteiger partial charge < -0.3 is 14.6 Å². The lowest BCUT2D eigenvalue weighted by atomic mass is 10.1. The fraction of sp³-hybridized carbons (Fsp3) is 1.00. The normalized spacial score (nSPS) is 34.9. The van der Waals surface area contributed by atoms with Crippen molar-refractivity contribution in [2.45, 2.75) is 12.5 Å². The topological polar surface area (TPSA) is 41.9 Å². The molecular weight excluding hydrogens is 182 g/mol. The van der Waals surface area contributed by atoms with Gasteiger partial charge in [-0.25, -0.2) is 0 Å². The molecule has 2 atom stereocenters. The lowest BCUT2D eigenvalue weighted by Crippen LogP contribution is -2.45. The Morgan fingerprint density at radius 2 is 2.29 bits per heavy atom. The second kappa shape index (κ2) is 5.07. The smallest absolute Gasteiger partial charge is 0.0932 e. The van der Waals surface area contributed by atoms with Gasteiger partial charge in [0.05, 0.1) is 25.9 Å². The molecule has 1 unspecified atom stereocenters. The summed E-state index contributed by atoms with van der Waals surface area (Å²) >= 11 is 0. The monoisotopic (exact) mass is 201 g/mol. The summed E-state index contributed by atoms with van der Waals surface area (Å²) in [6.07, 6.45) is 1.20. The summed E-state index contributed by atoms with van der Waals surface area (Å²) in [5.41, 5.74) is 0. The Balaban J connectivity index is 1.73. The zero-order valence-corrected chi connectivity index (χ0v) is 8.52. The van der Waals surface area contributed by atoms with Crippen LogP contribution < -0.4 is 0 Å². The molecule has 82 valence electrons. The van der Waals surface area contributed by atoms with Gasteiger partial charge in [0.25, 0.3) is 0 Å². The second-order valence-electron chi connectivity index (χ2n) is 4.16. The van der Waals surface area contributed by atoms with Crippen LogP contribution in [0.4, 0.5) is 0 Å². The van der Waals surface area contributed by atoms with Crippen molar-refractivity contribution in [3.05, 3.63) is 0 Å². The maximum Gasteiger partial charge on any atom is 0.0932 e. The van der Waals surface area contributed by atoms with Crippen LogP contribution in [0.15, 0.2) is 0 Å². The first-order valence-electron chi connectivity index (χ1n) is 5.41. The molecule has 4 nitrogen and oxygen atoms in total. The highest BCUT2D eigenvalue weighted by Crippen LogP contribution is 2.15. The van der Waals surface area contributed by atoms with Crippen molar-refractivity contribution in [1.29, 1.82) is 0 Å². The van der Waals surface area contributed by atoms with Gasteiger partial charge in [-0.15, -0.1) is 0 Å². The Morgan fingerprint density at radius 1 is 1.36 bits per heavy atom. The molecule has 0 bridgehead atoms. The molecular formula is C10H19NO3. The van der Waals surface area contributed by atoms with Crippen molar-refractivity contribution < 1.29 is 14.6 Å². The number of aliphatic hydroxyl groups is 1. The zero-order chi connectivity index (χ0) is 9.80. The third-order valence-electron chi connectivity index (χ3n) is 2.97. The lowest BCUT2D eigenvalue weighted by Gasteiger charge is -2.33. The Labute approximate surface area is 84.8 Å². The Bertz CT molecular complexity index is 171. The van der Waals surface area contributed by atoms with Crippen molar-refractivity contribution in [3.8, 4) is 0 Å². The van der Waals surface area contributed by atoms with E-state index in [0.717, 1.165) is 39.5 Å². The number of rotatable bonds is 3. The van der Waals surface area contributed by atoms with Gasteiger partial charge in [-0.2, -0.15) is 0 Å². The summed E-state index contributed by atoms with van der Waals surface area (Å²) in [6.45, 7) is 5.66. The lowest BCUT2D eigenvalue weighted by molar-refractivity contribution is -0.0562. The van der Waals surface area contributed by atoms with Crippen LogP contribution in [0.5, 0.6) is 0 Å². The third-order valence-corrected chi connectivity index (χ3v) is 2.97. The fourth-order valence-electron chi connectivity index (χ4n) is 2.15. The Morgan fingerprint density at radius 3 is 3.00 bits per heavy atom. The van der Waals surface area contributed by atoms with E-state index in [2.05, 4.69) is 4.90 Å². The van der Waals surface area contributed by atoms with Crippen LogP contribution in [0, 0.1) is 5.92 Å². The summed E-state index contributed by atoms with van der Waals surface area (Å²) in [5.74, 6) is 0.687. The van der Waals surface area contributed by atoms with Crippen LogP contribution in [-0.2, 0) is 9.47 Å². The van der Waals surface area contributed by atoms with Gasteiger partial charge in [-0.1, -0.05) is 0 Å². The molecule has 2 heterocycles. The Kier molecular flexibility index (Phi) is 3.75. The minimum absolute atomic E-state index is 0.0195. The molecule has 1 N–H and O–H groups in total. The second-order valence-corrected chi connectivity index (χ2v) is 4.16. The summed E-state index contributed by atoms with van der Waals surface area (Å²) in [5, 5.41) is 8.99. The highest BCUT2D eigenvalue weighted by Gasteiger charge is 2.24. The fourth-order valence-corrected chi connectivity index (χ4v) is 2.15. The molecule has 0 amide bonds. The molecule has 2 rings (SSSR count). The van der Waals surface area contributed by atoms with E-state index < -0.39 is 0 Å². The van der Waals surface area contributed by atoms with Crippen LogP contribution >= 0.6 is 0 Å². The van der Waals surface area contributed by atoms with E-state index >= 15 is 0 Å². The Hall–Kier alpha value is -0.160. The first kappa shape index (κ1) is 10.4. The number of morpholine rings is 1. The molecule has 0 aromatic carbocycles. The predicted molar refractivity (Wildman–Crippen MR) is 52.2 cm³/mol. The van der Waals surface area contributed by atoms with E-state index in [-0.39, 0.29) is 12.7 Å². The summed E-state index contributed by atoms with van der Waals surface area (Å²) in [6, 6.07) is 0. The molecule has 2 fully saturated rings. The van der Waals surface area contributed by atoms with E-state index in [0.29, 0.717) is 5.92 Å². The maximum absolute atomic E-state index is 8.99. The number of hydrogen-bond acceptors (Lipinski definition) is 4. The van der Waals surface area contributed by atoms with Gasteiger partial charge >= 0.3 is 0 Å². The van der Waals surface area contributed by atoms with Crippen molar-refractivity contribution >= 4 is 0 Å². The first-order chi connectivity index (χ1) is 6.88. The summed E-state index contributed by atoms with van der Waals surface area (Å²) in [7, 11) is 0. The maximum atomic E-state index is 8.99. The van der Waals surface area contributed by atoms with Crippen LogP contribution in [-0.4, -0.2) is 62.2 Å². The average Bonchev–Trinajstić information content (AvgIpc) is 2.71. The van der Waals surface area contributed by atoms with Crippen molar-refractivity contribution in [1.82, 2.24) is 4.90 Å². The molecule has 0 aromatic heterocycles. The molecule has 4 heteroatoms. The number of ether oxygens (including phenoxy) is 2. The molecule has 14 heavy (non-hydrogen) atoms. The highest BCUT2D eigenvalue weighted by molar-refractivity contribution is 4.75. The van der Waals surface area contributed by atoms with Gasteiger partial charge in [-0.05, 0) is 12.3 Å². The van der Waals surface area contributed by atoms with Gasteiger partial charge in [0.15, 0.2) is 0 Å². The summed E-state index contributed by atoms with van der Waals surface area (Å²) in [4.78, 5) is 2.38. The molecule has 0 saturated carbocycles. The molecule has 0 spiro atoms. The number of nitrogens with zero attached hydrogens (tertiary/aromatic N) is 1. The molecule has 0 aliphatic carbocycles. The van der Waals surface area contributed by atoms with Crippen molar-refractivity contribution in [2.24, 2.45) is 5.92 Å². The minimum Gasteiger partial charge on any atom is -0.394 e. The van der Waals surface area contributed by atoms with E-state index in [4.69, 9.17) is 14.6 Å². The van der Waals surface area contributed by atoms with Gasteiger partial charge in [0, 0.05) is 26.2 Å². The standard InChI is InChI=1S/C10H19NO3/c12-7-10-6-11(2-4-14-10)5-9-1-3-13-8-9/h9-10,12H,1-8H2/t9?,10-/m0/s1. The molecule has 0 radical (unpaired) electrons. The van der Waals surface area contributed by atoms with Crippen LogP contribution in [0.1, 0.15) is 6.42 Å². The quantitative estimate of drug-likeness (QED) is 0.681. The van der Waals surface area contributed by atoms with E-state index in [1.807, 2.05) is 0 Å². The van der Waals surface area contributed by atoms with Gasteiger partial charge in [0.1, 0.15) is 0 Å². The molecule has 2 aliphatic rings. The van der Waals surface area contributed by atoms with Crippen LogP contribution in [0.2, 0.25) is 0 Å². The van der Waals surface area contributed by atoms with E-state index in [9.17, 15) is 0 Å². The molecule has 0 aromatic rings. The predicted octanol–water partition coefficient (Wildman–Crippen LogP) is -0.284. The van der Waals surface area contributed by atoms with Crippen molar-refractivity contribution in [3.63, 3.8) is 0 Å². The van der Waals surface area contributed by atoms with Gasteiger partial charge in [-0.3, -0.25) is 4.90 Å². The zero-order valence-electron chi connectivity index (χ0n) is 8.52. The number of hydrogen-bond donors (Lipinski definition) is 1. The third kappa shape index (κ3) is 2.67. The van der Waals surface area contributed by atoms with Crippen molar-refractivity contribution in [2.75, 3.05) is 46.1 Å². The van der Waals surface area contributed by atoms with E-state index in [1.54, 1.807) is 0 Å². The average molecular weight is 201 g/mol. The van der Waals surface area contributed by atoms with Crippen LogP contribution in [0.25, 0.3) is 0 Å². The van der Waals surface area contributed by atoms with Gasteiger partial charge in [0.2, 0.25) is 0 Å². The molecule has 2 saturated heterocycles. The largest absolute Gasteiger partial charge is 0.394 e. The number of aliphatic hydroxyl groups excluding tert-OH is 1. The summed E-state index contributed by atoms with van der Waals surface area (Å²) < 4.78 is 10.7. The minimum atomic E-state index is 0.0195. The molecule has 2 aliphatic heterocycles. The SMILES string of the molecule is OC[C@@H]1CN(CC2CCOC2)CCO1. The highest BCUT2D eigenvalue weighted by atomic mass is 16.5. The van der Waals surface area contributed by atoms with E-state index in [1.165, 1.54) is 6.42 Å². The van der Waals surface area contributed by atoms with Crippen LogP contribution in [0.3, 0.4) is 0 Å².